The third-order valence-electron chi connectivity index (χ3n) is 1.66. The maximum atomic E-state index is 10.8. The average Bonchev–Trinajstić information content (AvgIpc) is 2.47. The highest BCUT2D eigenvalue weighted by atomic mass is 16.5. The molecule has 0 saturated carbocycles. The van der Waals surface area contributed by atoms with E-state index < -0.39 is 5.91 Å². The van der Waals surface area contributed by atoms with Gasteiger partial charge in [-0.3, -0.25) is 4.79 Å². The number of hydrogen-bond acceptors (Lipinski definition) is 4. The van der Waals surface area contributed by atoms with Crippen LogP contribution in [0.3, 0.4) is 0 Å². The summed E-state index contributed by atoms with van der Waals surface area (Å²) >= 11 is 0. The van der Waals surface area contributed by atoms with Gasteiger partial charge in [0, 0.05) is 6.42 Å². The predicted octanol–water partition coefficient (Wildman–Crippen LogP) is -0.414. The van der Waals surface area contributed by atoms with E-state index in [1.54, 1.807) is 0 Å². The summed E-state index contributed by atoms with van der Waals surface area (Å²) in [7, 11) is 0. The summed E-state index contributed by atoms with van der Waals surface area (Å²) in [5.41, 5.74) is 5.90. The Morgan fingerprint density at radius 3 is 3.17 bits per heavy atom. The molecule has 0 aromatic heterocycles. The Balaban J connectivity index is 2.35. The van der Waals surface area contributed by atoms with Crippen molar-refractivity contribution in [2.24, 2.45) is 15.9 Å². The molecule has 5 nitrogen and oxygen atoms in total. The molecule has 0 fully saturated rings. The third-order valence-corrected chi connectivity index (χ3v) is 1.66. The van der Waals surface area contributed by atoms with Crippen molar-refractivity contribution < 1.29 is 9.53 Å². The molecule has 0 spiro atoms. The van der Waals surface area contributed by atoms with Crippen molar-refractivity contribution >= 4 is 17.5 Å². The van der Waals surface area contributed by atoms with E-state index in [1.807, 2.05) is 6.08 Å². The maximum Gasteiger partial charge on any atom is 0.270 e. The van der Waals surface area contributed by atoms with Crippen LogP contribution >= 0.6 is 0 Å². The lowest BCUT2D eigenvalue weighted by atomic mass is 10.1. The van der Waals surface area contributed by atoms with Crippen molar-refractivity contribution in [3.05, 3.63) is 11.6 Å². The fourth-order valence-corrected chi connectivity index (χ4v) is 1.14. The van der Waals surface area contributed by atoms with Gasteiger partial charge in [-0.25, -0.2) is 0 Å². The number of hydrogen-bond donors (Lipinski definition) is 1. The minimum atomic E-state index is -0.564. The first-order valence-corrected chi connectivity index (χ1v) is 3.58. The lowest BCUT2D eigenvalue weighted by Gasteiger charge is -2.10. The number of carbonyl (C=O) groups excluding carboxylic acids is 1. The predicted molar refractivity (Wildman–Crippen MR) is 42.7 cm³/mol. The summed E-state index contributed by atoms with van der Waals surface area (Å²) in [6, 6.07) is 0. The summed E-state index contributed by atoms with van der Waals surface area (Å²) in [5.74, 6) is -0.152. The molecule has 2 aliphatic heterocycles. The van der Waals surface area contributed by atoms with Gasteiger partial charge in [-0.2, -0.15) is 0 Å². The summed E-state index contributed by atoms with van der Waals surface area (Å²) in [6.45, 7) is 0.587. The molecule has 2 heterocycles. The molecule has 0 aromatic rings. The van der Waals surface area contributed by atoms with Crippen LogP contribution in [0.1, 0.15) is 6.42 Å². The Labute approximate surface area is 68.6 Å². The number of primary amides is 1. The zero-order valence-electron chi connectivity index (χ0n) is 6.28. The lowest BCUT2D eigenvalue weighted by Crippen LogP contribution is -2.27. The fraction of sp³-hybridized carbons (Fsp3) is 0.286. The van der Waals surface area contributed by atoms with E-state index in [9.17, 15) is 4.79 Å². The van der Waals surface area contributed by atoms with Gasteiger partial charge in [0.1, 0.15) is 0 Å². The number of nitrogens with two attached hydrogens (primary N) is 1. The first-order valence-electron chi connectivity index (χ1n) is 3.58. The molecular weight excluding hydrogens is 158 g/mol. The van der Waals surface area contributed by atoms with Crippen LogP contribution in [0.4, 0.5) is 0 Å². The van der Waals surface area contributed by atoms with E-state index in [-0.39, 0.29) is 5.71 Å². The van der Waals surface area contributed by atoms with Crippen molar-refractivity contribution in [3.8, 4) is 0 Å². The number of carbonyl (C=O) groups is 1. The quantitative estimate of drug-likeness (QED) is 0.573. The van der Waals surface area contributed by atoms with Gasteiger partial charge >= 0.3 is 0 Å². The molecule has 0 aromatic carbocycles. The zero-order chi connectivity index (χ0) is 8.55. The molecule has 0 saturated heterocycles. The summed E-state index contributed by atoms with van der Waals surface area (Å²) in [5, 5.41) is 7.29. The highest BCUT2D eigenvalue weighted by molar-refractivity contribution is 6.52. The van der Waals surface area contributed by atoms with Gasteiger partial charge in [0.25, 0.3) is 5.91 Å². The second kappa shape index (κ2) is 2.44. The van der Waals surface area contributed by atoms with E-state index in [0.717, 1.165) is 6.42 Å². The Morgan fingerprint density at radius 2 is 2.42 bits per heavy atom. The Morgan fingerprint density at radius 1 is 1.58 bits per heavy atom. The molecular formula is C7H7N3O2. The van der Waals surface area contributed by atoms with Gasteiger partial charge in [-0.05, 0) is 0 Å². The average molecular weight is 165 g/mol. The minimum absolute atomic E-state index is 0.199. The van der Waals surface area contributed by atoms with Crippen LogP contribution in [0.15, 0.2) is 21.9 Å². The first kappa shape index (κ1) is 7.02. The smallest absolute Gasteiger partial charge is 0.270 e. The van der Waals surface area contributed by atoms with Crippen molar-refractivity contribution in [1.29, 1.82) is 0 Å². The van der Waals surface area contributed by atoms with Crippen LogP contribution in [0, 0.1) is 0 Å². The molecule has 12 heavy (non-hydrogen) atoms. The van der Waals surface area contributed by atoms with Gasteiger partial charge in [-0.1, -0.05) is 6.08 Å². The molecule has 0 radical (unpaired) electrons. The Kier molecular flexibility index (Phi) is 1.43. The van der Waals surface area contributed by atoms with E-state index in [0.29, 0.717) is 18.1 Å². The highest BCUT2D eigenvalue weighted by Crippen LogP contribution is 2.16. The van der Waals surface area contributed by atoms with E-state index in [1.165, 1.54) is 0 Å². The second-order valence-corrected chi connectivity index (χ2v) is 2.47. The SMILES string of the molecule is NC(=O)C1=NN=C2OCCC=C21. The van der Waals surface area contributed by atoms with Gasteiger partial charge < -0.3 is 10.5 Å². The van der Waals surface area contributed by atoms with Gasteiger partial charge in [0.05, 0.1) is 12.2 Å². The van der Waals surface area contributed by atoms with Crippen LogP contribution in [0.5, 0.6) is 0 Å². The van der Waals surface area contributed by atoms with Crippen LogP contribution in [0.2, 0.25) is 0 Å². The molecule has 0 atom stereocenters. The minimum Gasteiger partial charge on any atom is -0.476 e. The second-order valence-electron chi connectivity index (χ2n) is 2.47. The number of rotatable bonds is 1. The number of fused-ring (bicyclic) bond motifs is 1. The van der Waals surface area contributed by atoms with Crippen molar-refractivity contribution in [2.45, 2.75) is 6.42 Å². The van der Waals surface area contributed by atoms with E-state index in [2.05, 4.69) is 10.2 Å². The highest BCUT2D eigenvalue weighted by Gasteiger charge is 2.27. The van der Waals surface area contributed by atoms with Crippen molar-refractivity contribution in [3.63, 3.8) is 0 Å². The molecule has 1 amide bonds. The third kappa shape index (κ3) is 0.903. The van der Waals surface area contributed by atoms with E-state index in [4.69, 9.17) is 10.5 Å². The number of ether oxygens (including phenoxy) is 1. The summed E-state index contributed by atoms with van der Waals surface area (Å²) in [6.07, 6.45) is 2.62. The van der Waals surface area contributed by atoms with Crippen LogP contribution in [0.25, 0.3) is 0 Å². The summed E-state index contributed by atoms with van der Waals surface area (Å²) in [4.78, 5) is 10.8. The maximum absolute atomic E-state index is 10.8. The molecule has 0 bridgehead atoms. The van der Waals surface area contributed by atoms with Crippen molar-refractivity contribution in [2.75, 3.05) is 6.61 Å². The molecule has 0 unspecified atom stereocenters. The fourth-order valence-electron chi connectivity index (χ4n) is 1.14. The van der Waals surface area contributed by atoms with Crippen LogP contribution in [-0.4, -0.2) is 24.1 Å². The lowest BCUT2D eigenvalue weighted by molar-refractivity contribution is -0.111. The normalized spacial score (nSPS) is 20.2. The number of amides is 1. The summed E-state index contributed by atoms with van der Waals surface area (Å²) < 4.78 is 5.14. The van der Waals surface area contributed by atoms with E-state index >= 15 is 0 Å². The Bertz CT molecular complexity index is 328. The van der Waals surface area contributed by atoms with Crippen LogP contribution < -0.4 is 5.73 Å². The van der Waals surface area contributed by atoms with Gasteiger partial charge in [0.15, 0.2) is 5.71 Å². The van der Waals surface area contributed by atoms with Crippen molar-refractivity contribution in [1.82, 2.24) is 0 Å². The van der Waals surface area contributed by atoms with Crippen LogP contribution in [-0.2, 0) is 9.53 Å². The molecule has 5 heteroatoms. The number of nitrogens with zero attached hydrogens (tertiary/aromatic N) is 2. The molecule has 2 rings (SSSR count). The molecule has 0 aliphatic carbocycles. The van der Waals surface area contributed by atoms with Gasteiger partial charge in [-0.15, -0.1) is 10.2 Å². The van der Waals surface area contributed by atoms with Gasteiger partial charge in [0.2, 0.25) is 5.90 Å². The largest absolute Gasteiger partial charge is 0.476 e. The first-order chi connectivity index (χ1) is 5.79. The monoisotopic (exact) mass is 165 g/mol. The molecule has 2 aliphatic rings. The Hall–Kier alpha value is -1.65. The standard InChI is InChI=1S/C7H7N3O2/c8-6(11)5-4-2-1-3-12-7(4)10-9-5/h2H,1,3H2,(H2,8,11). The molecule has 2 N–H and O–H groups in total. The zero-order valence-corrected chi connectivity index (χ0v) is 6.28. The molecule has 62 valence electrons. The topological polar surface area (TPSA) is 77.0 Å².